The number of hydrogen-bond donors (Lipinski definition) is 1. The molecule has 122 valence electrons. The Bertz CT molecular complexity index is 671. The van der Waals surface area contributed by atoms with E-state index in [2.05, 4.69) is 5.32 Å². The van der Waals surface area contributed by atoms with Crippen LogP contribution in [0.15, 0.2) is 24.3 Å². The number of rotatable bonds is 4. The van der Waals surface area contributed by atoms with Crippen molar-refractivity contribution in [1.29, 1.82) is 0 Å². The van der Waals surface area contributed by atoms with Crippen molar-refractivity contribution in [2.24, 2.45) is 5.92 Å². The van der Waals surface area contributed by atoms with Crippen molar-refractivity contribution in [3.63, 3.8) is 0 Å². The number of nitrogens with one attached hydrogen (secondary N) is 1. The van der Waals surface area contributed by atoms with Gasteiger partial charge in [0, 0.05) is 17.7 Å². The van der Waals surface area contributed by atoms with Crippen LogP contribution in [-0.2, 0) is 15.5 Å². The Kier molecular flexibility index (Phi) is 3.87. The molecule has 0 bridgehead atoms. The lowest BCUT2D eigenvalue weighted by atomic mass is 9.85. The molecule has 23 heavy (non-hydrogen) atoms. The van der Waals surface area contributed by atoms with Gasteiger partial charge in [0.25, 0.3) is 5.91 Å². The highest BCUT2D eigenvalue weighted by molar-refractivity contribution is 6.13. The van der Waals surface area contributed by atoms with Crippen LogP contribution in [0.25, 0.3) is 0 Å². The molecule has 0 atom stereocenters. The largest absolute Gasteiger partial charge is 0.354 e. The first kappa shape index (κ1) is 15.6. The summed E-state index contributed by atoms with van der Waals surface area (Å²) in [5.41, 5.74) is -0.856. The number of halogens is 2. The minimum atomic E-state index is -3.81. The minimum Gasteiger partial charge on any atom is -0.354 e. The average Bonchev–Trinajstić information content (AvgIpc) is 2.48. The minimum absolute atomic E-state index is 0.246. The summed E-state index contributed by atoms with van der Waals surface area (Å²) in [5.74, 6) is -6.53. The van der Waals surface area contributed by atoms with Crippen molar-refractivity contribution in [3.05, 3.63) is 35.4 Å². The van der Waals surface area contributed by atoms with Crippen molar-refractivity contribution < 1.29 is 23.2 Å². The van der Waals surface area contributed by atoms with Crippen molar-refractivity contribution in [1.82, 2.24) is 10.2 Å². The average molecular weight is 322 g/mol. The van der Waals surface area contributed by atoms with Gasteiger partial charge >= 0.3 is 11.8 Å². The zero-order valence-corrected chi connectivity index (χ0v) is 12.4. The molecule has 1 fully saturated rings. The fourth-order valence-electron chi connectivity index (χ4n) is 2.76. The van der Waals surface area contributed by atoms with Crippen molar-refractivity contribution >= 4 is 17.7 Å². The highest BCUT2D eigenvalue weighted by atomic mass is 19.3. The molecule has 1 aliphatic carbocycles. The van der Waals surface area contributed by atoms with E-state index in [-0.39, 0.29) is 5.56 Å². The molecule has 0 aromatic heterocycles. The topological polar surface area (TPSA) is 66.5 Å². The molecular weight excluding hydrogens is 306 g/mol. The van der Waals surface area contributed by atoms with Gasteiger partial charge in [-0.15, -0.1) is 0 Å². The van der Waals surface area contributed by atoms with E-state index in [0.29, 0.717) is 17.4 Å². The molecule has 1 saturated carbocycles. The van der Waals surface area contributed by atoms with Gasteiger partial charge in [0.15, 0.2) is 0 Å². The first-order valence-electron chi connectivity index (χ1n) is 7.51. The Morgan fingerprint density at radius 1 is 1.26 bits per heavy atom. The SMILES string of the molecule is O=C(CN1C(=O)c2ccccc2C(F)(F)C1=O)NCC1CCC1. The number of nitrogens with zero attached hydrogens (tertiary/aromatic N) is 1. The van der Waals surface area contributed by atoms with E-state index >= 15 is 0 Å². The summed E-state index contributed by atoms with van der Waals surface area (Å²) in [4.78, 5) is 36.4. The number of hydrogen-bond acceptors (Lipinski definition) is 3. The quantitative estimate of drug-likeness (QED) is 0.858. The Hall–Kier alpha value is -2.31. The zero-order valence-electron chi connectivity index (χ0n) is 12.4. The summed E-state index contributed by atoms with van der Waals surface area (Å²) in [7, 11) is 0. The van der Waals surface area contributed by atoms with Gasteiger partial charge in [-0.25, -0.2) is 0 Å². The number of carbonyl (C=O) groups excluding carboxylic acids is 3. The molecule has 0 saturated heterocycles. The molecule has 3 amide bonds. The second-order valence-electron chi connectivity index (χ2n) is 5.92. The van der Waals surface area contributed by atoms with Crippen molar-refractivity contribution in [2.75, 3.05) is 13.1 Å². The predicted octanol–water partition coefficient (Wildman–Crippen LogP) is 1.68. The van der Waals surface area contributed by atoms with Gasteiger partial charge in [0.05, 0.1) is 0 Å². The Morgan fingerprint density at radius 3 is 2.61 bits per heavy atom. The van der Waals surface area contributed by atoms with Crippen LogP contribution in [0.4, 0.5) is 8.78 Å². The molecule has 1 heterocycles. The molecule has 7 heteroatoms. The van der Waals surface area contributed by atoms with Crippen molar-refractivity contribution in [3.8, 4) is 0 Å². The van der Waals surface area contributed by atoms with Crippen LogP contribution in [0.5, 0.6) is 0 Å². The second-order valence-corrected chi connectivity index (χ2v) is 5.92. The molecule has 3 rings (SSSR count). The normalized spacial score (nSPS) is 20.0. The van der Waals surface area contributed by atoms with E-state index < -0.39 is 35.8 Å². The summed E-state index contributed by atoms with van der Waals surface area (Å²) >= 11 is 0. The predicted molar refractivity (Wildman–Crippen MR) is 76.7 cm³/mol. The molecule has 2 aliphatic rings. The smallest absolute Gasteiger partial charge is 0.351 e. The third-order valence-electron chi connectivity index (χ3n) is 4.37. The van der Waals surface area contributed by atoms with Gasteiger partial charge in [0.1, 0.15) is 6.54 Å². The second kappa shape index (κ2) is 5.72. The van der Waals surface area contributed by atoms with Crippen LogP contribution in [0.3, 0.4) is 0 Å². The van der Waals surface area contributed by atoms with Crippen LogP contribution in [-0.4, -0.2) is 35.7 Å². The van der Waals surface area contributed by atoms with Crippen LogP contribution in [0.1, 0.15) is 35.2 Å². The molecular formula is C16H16F2N2O3. The van der Waals surface area contributed by atoms with Crippen molar-refractivity contribution in [2.45, 2.75) is 25.2 Å². The first-order valence-corrected chi connectivity index (χ1v) is 7.51. The van der Waals surface area contributed by atoms with Crippen LogP contribution >= 0.6 is 0 Å². The number of amides is 3. The van der Waals surface area contributed by atoms with E-state index in [0.717, 1.165) is 25.3 Å². The summed E-state index contributed by atoms with van der Waals surface area (Å²) in [6, 6.07) is 5.07. The Labute approximate surface area is 131 Å². The van der Waals surface area contributed by atoms with Gasteiger partial charge in [-0.1, -0.05) is 24.6 Å². The Morgan fingerprint density at radius 2 is 1.96 bits per heavy atom. The lowest BCUT2D eigenvalue weighted by Gasteiger charge is -2.32. The summed E-state index contributed by atoms with van der Waals surface area (Å²) in [6.07, 6.45) is 3.16. The van der Waals surface area contributed by atoms with E-state index in [9.17, 15) is 23.2 Å². The van der Waals surface area contributed by atoms with Gasteiger partial charge in [-0.05, 0) is 24.8 Å². The fourth-order valence-corrected chi connectivity index (χ4v) is 2.76. The Balaban J connectivity index is 1.75. The molecule has 0 radical (unpaired) electrons. The number of alkyl halides is 2. The van der Waals surface area contributed by atoms with E-state index in [4.69, 9.17) is 0 Å². The highest BCUT2D eigenvalue weighted by Crippen LogP contribution is 2.37. The number of benzene rings is 1. The van der Waals surface area contributed by atoms with Gasteiger partial charge in [0.2, 0.25) is 5.91 Å². The number of carbonyl (C=O) groups is 3. The molecule has 1 N–H and O–H groups in total. The number of imide groups is 1. The monoisotopic (exact) mass is 322 g/mol. The van der Waals surface area contributed by atoms with Gasteiger partial charge in [-0.3, -0.25) is 19.3 Å². The molecule has 5 nitrogen and oxygen atoms in total. The molecule has 1 aliphatic heterocycles. The van der Waals surface area contributed by atoms with Gasteiger partial charge in [-0.2, -0.15) is 8.78 Å². The molecule has 0 unspecified atom stereocenters. The summed E-state index contributed by atoms with van der Waals surface area (Å²) in [6.45, 7) is -0.240. The highest BCUT2D eigenvalue weighted by Gasteiger charge is 2.52. The van der Waals surface area contributed by atoms with Crippen LogP contribution in [0, 0.1) is 5.92 Å². The van der Waals surface area contributed by atoms with Crippen LogP contribution in [0.2, 0.25) is 0 Å². The zero-order chi connectivity index (χ0) is 16.6. The maximum absolute atomic E-state index is 14.2. The summed E-state index contributed by atoms with van der Waals surface area (Å²) in [5, 5.41) is 2.59. The van der Waals surface area contributed by atoms with Crippen LogP contribution < -0.4 is 5.32 Å². The maximum Gasteiger partial charge on any atom is 0.351 e. The molecule has 1 aromatic carbocycles. The van der Waals surface area contributed by atoms with E-state index in [1.807, 2.05) is 0 Å². The lowest BCUT2D eigenvalue weighted by Crippen LogP contribution is -2.53. The van der Waals surface area contributed by atoms with E-state index in [1.165, 1.54) is 18.2 Å². The molecule has 0 spiro atoms. The van der Waals surface area contributed by atoms with E-state index in [1.54, 1.807) is 0 Å². The third kappa shape index (κ3) is 2.71. The number of fused-ring (bicyclic) bond motifs is 1. The molecule has 1 aromatic rings. The maximum atomic E-state index is 14.2. The summed E-state index contributed by atoms with van der Waals surface area (Å²) < 4.78 is 28.3. The first-order chi connectivity index (χ1) is 10.9. The third-order valence-corrected chi connectivity index (χ3v) is 4.37. The standard InChI is InChI=1S/C16H16F2N2O3/c17-16(18)12-7-2-1-6-11(12)14(22)20(15(16)23)9-13(21)19-8-10-4-3-5-10/h1-2,6-7,10H,3-5,8-9H2,(H,19,21). The fraction of sp³-hybridized carbons (Fsp3) is 0.438. The lowest BCUT2D eigenvalue weighted by molar-refractivity contribution is -0.158. The van der Waals surface area contributed by atoms with Gasteiger partial charge < -0.3 is 5.32 Å².